The van der Waals surface area contributed by atoms with Gasteiger partial charge in [0, 0.05) is 7.11 Å². The largest absolute Gasteiger partial charge is 0.509 e. The number of carbonyl (C=O) groups excluding carboxylic acids is 4. The fourth-order valence-corrected chi connectivity index (χ4v) is 3.45. The van der Waals surface area contributed by atoms with Crippen LogP contribution in [0.5, 0.6) is 0 Å². The average molecular weight is 896 g/mol. The normalized spacial score (nSPS) is 22.5. The molecule has 45 heavy (non-hydrogen) atoms. The van der Waals surface area contributed by atoms with Crippen molar-refractivity contribution in [2.24, 2.45) is 0 Å². The van der Waals surface area contributed by atoms with Gasteiger partial charge in [-0.05, 0) is 0 Å². The van der Waals surface area contributed by atoms with Gasteiger partial charge in [-0.1, -0.05) is 139 Å². The van der Waals surface area contributed by atoms with E-state index in [1.165, 1.54) is 0 Å². The fraction of sp³-hybridized carbons (Fsp3) is 0.789. The number of ether oxygens (including phenoxy) is 10. The summed E-state index contributed by atoms with van der Waals surface area (Å²) in [7, 11) is 1.05. The highest BCUT2D eigenvalue weighted by molar-refractivity contribution is 6.69. The summed E-state index contributed by atoms with van der Waals surface area (Å²) in [5.74, 6) is 0. The maximum Gasteiger partial charge on any atom is 0.509 e. The van der Waals surface area contributed by atoms with Gasteiger partial charge in [0.15, 0.2) is 24.6 Å². The fourth-order valence-electron chi connectivity index (χ4n) is 2.79. The molecule has 26 heteroatoms. The smallest absolute Gasteiger partial charge is 0.431 e. The molecule has 1 fully saturated rings. The average Bonchev–Trinajstić information content (AvgIpc) is 2.88. The van der Waals surface area contributed by atoms with Crippen LogP contribution in [0.2, 0.25) is 0 Å². The van der Waals surface area contributed by atoms with Crippen LogP contribution >= 0.6 is 139 Å². The van der Waals surface area contributed by atoms with Gasteiger partial charge in [-0.3, -0.25) is 0 Å². The van der Waals surface area contributed by atoms with Crippen molar-refractivity contribution in [3.8, 4) is 0 Å². The molecule has 0 spiro atoms. The van der Waals surface area contributed by atoms with Gasteiger partial charge in [-0.2, -0.15) is 0 Å². The molecule has 0 aliphatic carbocycles. The third-order valence-electron chi connectivity index (χ3n) is 4.30. The van der Waals surface area contributed by atoms with Gasteiger partial charge >= 0.3 is 24.6 Å². The minimum absolute atomic E-state index is 0.737. The Bertz CT molecular complexity index is 997. The number of methoxy groups -OCH3 is 1. The van der Waals surface area contributed by atoms with E-state index in [0.29, 0.717) is 0 Å². The number of carbonyl (C=O) groups is 4. The lowest BCUT2D eigenvalue weighted by molar-refractivity contribution is -0.297. The topological polar surface area (TPSA) is 161 Å². The van der Waals surface area contributed by atoms with Crippen molar-refractivity contribution in [1.29, 1.82) is 0 Å². The summed E-state index contributed by atoms with van der Waals surface area (Å²) in [6.45, 7) is -4.08. The van der Waals surface area contributed by atoms with Crippen LogP contribution in [0.3, 0.4) is 0 Å². The molecular weight excluding hydrogens is 878 g/mol. The van der Waals surface area contributed by atoms with Crippen molar-refractivity contribution in [3.63, 3.8) is 0 Å². The number of rotatable bonds is 10. The summed E-state index contributed by atoms with van der Waals surface area (Å²) in [6, 6.07) is 0. The summed E-state index contributed by atoms with van der Waals surface area (Å²) < 4.78 is 41.9. The molecule has 1 heterocycles. The summed E-state index contributed by atoms with van der Waals surface area (Å²) in [5, 5.41) is 0. The summed E-state index contributed by atoms with van der Waals surface area (Å²) in [4.78, 5) is 49.7. The van der Waals surface area contributed by atoms with E-state index in [1.54, 1.807) is 0 Å². The Morgan fingerprint density at radius 2 is 0.844 bits per heavy atom. The molecule has 1 aliphatic heterocycles. The zero-order valence-corrected chi connectivity index (χ0v) is 30.7. The van der Waals surface area contributed by atoms with Crippen LogP contribution in [0.25, 0.3) is 0 Å². The van der Waals surface area contributed by atoms with E-state index in [4.69, 9.17) is 182 Å². The molecule has 1 rings (SSSR count). The van der Waals surface area contributed by atoms with E-state index >= 15 is 0 Å². The minimum Gasteiger partial charge on any atom is -0.431 e. The first kappa shape index (κ1) is 43.5. The van der Waals surface area contributed by atoms with Crippen molar-refractivity contribution in [1.82, 2.24) is 0 Å². The predicted octanol–water partition coefficient (Wildman–Crippen LogP) is 7.56. The Hall–Kier alpha value is 0.480. The minimum atomic E-state index is -2.10. The molecular formula is C19H18Cl12O14. The lowest BCUT2D eigenvalue weighted by atomic mass is 9.98. The Morgan fingerprint density at radius 1 is 0.511 bits per heavy atom. The maximum absolute atomic E-state index is 12.6. The molecule has 1 saturated heterocycles. The summed E-state index contributed by atoms with van der Waals surface area (Å²) >= 11 is 66.8. The zero-order valence-electron chi connectivity index (χ0n) is 21.7. The molecule has 0 aromatic heterocycles. The highest BCUT2D eigenvalue weighted by Gasteiger charge is 2.54. The van der Waals surface area contributed by atoms with Gasteiger partial charge in [0.2, 0.25) is 15.2 Å². The molecule has 262 valence electrons. The third-order valence-corrected chi connectivity index (χ3v) is 5.61. The molecule has 1 aliphatic rings. The highest BCUT2D eigenvalue weighted by atomic mass is 35.6. The van der Waals surface area contributed by atoms with E-state index in [9.17, 15) is 19.2 Å². The van der Waals surface area contributed by atoms with Crippen molar-refractivity contribution < 1.29 is 66.5 Å². The van der Waals surface area contributed by atoms with Crippen molar-refractivity contribution >= 4 is 164 Å². The monoisotopic (exact) mass is 890 g/mol. The molecule has 5 unspecified atom stereocenters. The van der Waals surface area contributed by atoms with Crippen LogP contribution in [0.15, 0.2) is 0 Å². The van der Waals surface area contributed by atoms with E-state index < -0.39 is 104 Å². The second-order valence-corrected chi connectivity index (χ2v) is 18.0. The summed E-state index contributed by atoms with van der Waals surface area (Å²) in [6.07, 6.45) is -15.2. The number of hydrogen-bond donors (Lipinski definition) is 0. The SMILES string of the molecule is COC1OC(COC(=O)OCC(Cl)(Cl)Cl)C(OC(=O)OCC(Cl)(Cl)Cl)C(OC(=O)OCC(Cl)(Cl)Cl)C1OC(=O)OCC(Cl)(Cl)Cl. The van der Waals surface area contributed by atoms with E-state index in [-0.39, 0.29) is 0 Å². The molecule has 0 aromatic carbocycles. The van der Waals surface area contributed by atoms with Gasteiger partial charge in [-0.15, -0.1) is 0 Å². The number of hydrogen-bond acceptors (Lipinski definition) is 14. The van der Waals surface area contributed by atoms with Gasteiger partial charge in [-0.25, -0.2) is 19.2 Å². The first-order valence-electron chi connectivity index (χ1n) is 11.1. The van der Waals surface area contributed by atoms with Crippen LogP contribution < -0.4 is 0 Å². The Morgan fingerprint density at radius 3 is 1.20 bits per heavy atom. The van der Waals surface area contributed by atoms with Gasteiger partial charge in [0.05, 0.1) is 0 Å². The maximum atomic E-state index is 12.6. The quantitative estimate of drug-likeness (QED) is 0.120. The zero-order chi connectivity index (χ0) is 34.8. The Kier molecular flexibility index (Phi) is 18.4. The first-order chi connectivity index (χ1) is 20.4. The van der Waals surface area contributed by atoms with Gasteiger partial charge in [0.1, 0.15) is 39.1 Å². The van der Waals surface area contributed by atoms with Crippen LogP contribution in [-0.2, 0) is 47.4 Å². The van der Waals surface area contributed by atoms with Crippen LogP contribution in [-0.4, -0.2) is 111 Å². The van der Waals surface area contributed by atoms with Crippen LogP contribution in [0.4, 0.5) is 19.2 Å². The third kappa shape index (κ3) is 19.9. The first-order valence-corrected chi connectivity index (χ1v) is 15.7. The molecule has 0 aromatic rings. The van der Waals surface area contributed by atoms with Gasteiger partial charge < -0.3 is 47.4 Å². The van der Waals surface area contributed by atoms with E-state index in [0.717, 1.165) is 7.11 Å². The lowest BCUT2D eigenvalue weighted by Gasteiger charge is -2.43. The summed E-state index contributed by atoms with van der Waals surface area (Å²) in [5.41, 5.74) is 0. The molecule has 0 saturated carbocycles. The molecule has 0 radical (unpaired) electrons. The van der Waals surface area contributed by atoms with Crippen LogP contribution in [0.1, 0.15) is 0 Å². The molecule has 0 bridgehead atoms. The Balaban J connectivity index is 3.42. The van der Waals surface area contributed by atoms with Gasteiger partial charge in [0.25, 0.3) is 0 Å². The number of halogens is 12. The van der Waals surface area contributed by atoms with Crippen molar-refractivity contribution in [3.05, 3.63) is 0 Å². The second kappa shape index (κ2) is 19.0. The van der Waals surface area contributed by atoms with Crippen molar-refractivity contribution in [2.45, 2.75) is 45.9 Å². The highest BCUT2D eigenvalue weighted by Crippen LogP contribution is 2.33. The molecule has 0 N–H and O–H groups in total. The number of alkyl halides is 12. The van der Waals surface area contributed by atoms with E-state index in [2.05, 4.69) is 4.74 Å². The molecule has 0 amide bonds. The lowest BCUT2D eigenvalue weighted by Crippen LogP contribution is -2.63. The van der Waals surface area contributed by atoms with Crippen LogP contribution in [0, 0.1) is 0 Å². The van der Waals surface area contributed by atoms with E-state index in [1.807, 2.05) is 0 Å². The predicted molar refractivity (Wildman–Crippen MR) is 163 cm³/mol. The standard InChI is InChI=1S/C19H18Cl12O14/c1-36-11-10(45-15(35)41-6-19(29,30)31)9(44-14(34)40-5-18(26,27)28)8(43-13(33)39-4-17(23,24)25)7(42-11)2-37-12(32)38-3-16(20,21)22/h7-11H,2-6H2,1H3. The molecule has 14 nitrogen and oxygen atoms in total. The molecule has 5 atom stereocenters. The Labute approximate surface area is 314 Å². The van der Waals surface area contributed by atoms with Crippen molar-refractivity contribution in [2.75, 3.05) is 40.1 Å². The second-order valence-electron chi connectivity index (χ2n) is 7.95.